The van der Waals surface area contributed by atoms with E-state index in [1.54, 1.807) is 17.0 Å². The van der Waals surface area contributed by atoms with Crippen LogP contribution in [0.2, 0.25) is 0 Å². The summed E-state index contributed by atoms with van der Waals surface area (Å²) in [5.74, 6) is 1.46. The fraction of sp³-hybridized carbons (Fsp3) is 0.0526. The number of aromatic amines is 1. The lowest BCUT2D eigenvalue weighted by Crippen LogP contribution is -1.96. The number of H-pyrrole nitrogens is 1. The summed E-state index contributed by atoms with van der Waals surface area (Å²) in [7, 11) is 0. The highest BCUT2D eigenvalue weighted by Gasteiger charge is 2.11. The predicted octanol–water partition coefficient (Wildman–Crippen LogP) is 4.01. The maximum Gasteiger partial charge on any atom is 0.182 e. The first kappa shape index (κ1) is 16.0. The molecule has 3 aromatic heterocycles. The molecule has 0 aliphatic heterocycles. The molecule has 0 bridgehead atoms. The maximum atomic E-state index is 5.85. The van der Waals surface area contributed by atoms with Gasteiger partial charge in [0.2, 0.25) is 0 Å². The number of halogens is 1. The second-order valence-electron chi connectivity index (χ2n) is 6.02. The first-order chi connectivity index (χ1) is 13.3. The summed E-state index contributed by atoms with van der Waals surface area (Å²) in [6.07, 6.45) is 3.34. The predicted molar refractivity (Wildman–Crippen MR) is 104 cm³/mol. The minimum absolute atomic E-state index is 0.469. The Hall–Kier alpha value is -3.26. The zero-order chi connectivity index (χ0) is 18.2. The zero-order valence-corrected chi connectivity index (χ0v) is 15.6. The van der Waals surface area contributed by atoms with E-state index in [1.165, 1.54) is 0 Å². The van der Waals surface area contributed by atoms with Gasteiger partial charge < -0.3 is 4.74 Å². The van der Waals surface area contributed by atoms with Gasteiger partial charge in [0, 0.05) is 10.0 Å². The van der Waals surface area contributed by atoms with Crippen LogP contribution in [0.3, 0.4) is 0 Å². The molecule has 5 rings (SSSR count). The Morgan fingerprint density at radius 1 is 1.11 bits per heavy atom. The van der Waals surface area contributed by atoms with Gasteiger partial charge >= 0.3 is 0 Å². The number of hydrogen-bond acceptors (Lipinski definition) is 5. The van der Waals surface area contributed by atoms with Crippen molar-refractivity contribution < 1.29 is 4.74 Å². The number of fused-ring (bicyclic) bond motifs is 3. The van der Waals surface area contributed by atoms with Crippen molar-refractivity contribution in [2.45, 2.75) is 6.61 Å². The fourth-order valence-corrected chi connectivity index (χ4v) is 3.13. The second-order valence-corrected chi connectivity index (χ2v) is 6.94. The molecule has 7 nitrogen and oxygen atoms in total. The number of hydrogen-bond donors (Lipinski definition) is 1. The summed E-state index contributed by atoms with van der Waals surface area (Å²) >= 11 is 3.42. The van der Waals surface area contributed by atoms with Gasteiger partial charge in [-0.3, -0.25) is 5.10 Å². The third-order valence-corrected chi connectivity index (χ3v) is 4.72. The summed E-state index contributed by atoms with van der Waals surface area (Å²) in [6.45, 7) is 0.469. The number of nitrogens with zero attached hydrogens (tertiary/aromatic N) is 5. The van der Waals surface area contributed by atoms with Crippen molar-refractivity contribution in [1.29, 1.82) is 0 Å². The molecule has 27 heavy (non-hydrogen) atoms. The van der Waals surface area contributed by atoms with Gasteiger partial charge in [0.25, 0.3) is 0 Å². The van der Waals surface area contributed by atoms with Gasteiger partial charge in [-0.1, -0.05) is 34.1 Å². The number of aromatic nitrogens is 6. The van der Waals surface area contributed by atoms with Gasteiger partial charge in [0.05, 0.1) is 11.6 Å². The van der Waals surface area contributed by atoms with Gasteiger partial charge in [-0.2, -0.15) is 5.10 Å². The molecule has 0 fully saturated rings. The van der Waals surface area contributed by atoms with Crippen molar-refractivity contribution in [3.05, 3.63) is 71.1 Å². The molecule has 0 spiro atoms. The number of nitrogens with one attached hydrogen (secondary N) is 1. The van der Waals surface area contributed by atoms with Crippen molar-refractivity contribution in [3.8, 4) is 17.1 Å². The van der Waals surface area contributed by atoms with Crippen LogP contribution in [0.5, 0.6) is 5.75 Å². The molecule has 3 heterocycles. The lowest BCUT2D eigenvalue weighted by molar-refractivity contribution is 0.306. The van der Waals surface area contributed by atoms with Crippen LogP contribution in [-0.2, 0) is 6.61 Å². The van der Waals surface area contributed by atoms with Crippen molar-refractivity contribution >= 4 is 32.6 Å². The van der Waals surface area contributed by atoms with Crippen molar-refractivity contribution in [2.24, 2.45) is 0 Å². The molecule has 0 radical (unpaired) electrons. The SMILES string of the molecule is Brc1ccc(OCc2cccc(-c3nc4c5cn[nH]c5ncn4n3)c2)cc1. The molecule has 8 heteroatoms. The van der Waals surface area contributed by atoms with Crippen molar-refractivity contribution in [2.75, 3.05) is 0 Å². The molecule has 0 atom stereocenters. The van der Waals surface area contributed by atoms with Gasteiger partial charge in [-0.15, -0.1) is 5.10 Å². The zero-order valence-electron chi connectivity index (χ0n) is 14.0. The van der Waals surface area contributed by atoms with Crippen LogP contribution in [0.15, 0.2) is 65.5 Å². The first-order valence-electron chi connectivity index (χ1n) is 8.28. The van der Waals surface area contributed by atoms with E-state index in [4.69, 9.17) is 4.74 Å². The standard InChI is InChI=1S/C19H13BrN6O/c20-14-4-6-15(7-5-14)27-10-12-2-1-3-13(8-12)17-23-19-16-9-22-24-18(16)21-11-26(19)25-17/h1-9,11H,10H2,(H,22,24). The number of benzene rings is 2. The van der Waals surface area contributed by atoms with Crippen LogP contribution in [0.25, 0.3) is 28.1 Å². The number of rotatable bonds is 4. The van der Waals surface area contributed by atoms with Crippen LogP contribution in [-0.4, -0.2) is 29.8 Å². The minimum atomic E-state index is 0.469. The van der Waals surface area contributed by atoms with E-state index in [-0.39, 0.29) is 0 Å². The van der Waals surface area contributed by atoms with Crippen molar-refractivity contribution in [3.63, 3.8) is 0 Å². The molecule has 0 unspecified atom stereocenters. The highest BCUT2D eigenvalue weighted by molar-refractivity contribution is 9.10. The first-order valence-corrected chi connectivity index (χ1v) is 9.08. The third kappa shape index (κ3) is 3.04. The molecule has 0 amide bonds. The quantitative estimate of drug-likeness (QED) is 0.474. The molecule has 0 aliphatic rings. The summed E-state index contributed by atoms with van der Waals surface area (Å²) in [5, 5.41) is 12.2. The normalized spacial score (nSPS) is 11.3. The Balaban J connectivity index is 1.44. The van der Waals surface area contributed by atoms with E-state index >= 15 is 0 Å². The molecule has 5 aromatic rings. The van der Waals surface area contributed by atoms with Crippen molar-refractivity contribution in [1.82, 2.24) is 29.8 Å². The summed E-state index contributed by atoms with van der Waals surface area (Å²) < 4.78 is 8.54. The van der Waals surface area contributed by atoms with Crippen LogP contribution < -0.4 is 4.74 Å². The maximum absolute atomic E-state index is 5.85. The molecule has 2 aromatic carbocycles. The van der Waals surface area contributed by atoms with E-state index in [9.17, 15) is 0 Å². The second kappa shape index (κ2) is 6.48. The number of ether oxygens (including phenoxy) is 1. The molecular weight excluding hydrogens is 408 g/mol. The Labute approximate surface area is 162 Å². The third-order valence-electron chi connectivity index (χ3n) is 4.19. The highest BCUT2D eigenvalue weighted by atomic mass is 79.9. The van der Waals surface area contributed by atoms with Gasteiger partial charge in [-0.25, -0.2) is 14.5 Å². The fourth-order valence-electron chi connectivity index (χ4n) is 2.86. The largest absolute Gasteiger partial charge is 0.489 e. The average molecular weight is 421 g/mol. The molecule has 132 valence electrons. The van der Waals surface area contributed by atoms with Gasteiger partial charge in [0.15, 0.2) is 17.1 Å². The van der Waals surface area contributed by atoms with Crippen LogP contribution in [0.4, 0.5) is 0 Å². The van der Waals surface area contributed by atoms with Crippen LogP contribution >= 0.6 is 15.9 Å². The van der Waals surface area contributed by atoms with Crippen LogP contribution in [0, 0.1) is 0 Å². The minimum Gasteiger partial charge on any atom is -0.489 e. The molecule has 1 N–H and O–H groups in total. The summed E-state index contributed by atoms with van der Waals surface area (Å²) in [6, 6.07) is 15.8. The Morgan fingerprint density at radius 3 is 2.89 bits per heavy atom. The Morgan fingerprint density at radius 2 is 2.00 bits per heavy atom. The molecule has 0 saturated carbocycles. The van der Waals surface area contributed by atoms with E-state index in [1.807, 2.05) is 48.5 Å². The molecule has 0 saturated heterocycles. The molecule has 0 aliphatic carbocycles. The highest BCUT2D eigenvalue weighted by Crippen LogP contribution is 2.22. The van der Waals surface area contributed by atoms with E-state index in [2.05, 4.69) is 41.2 Å². The van der Waals surface area contributed by atoms with Crippen LogP contribution in [0.1, 0.15) is 5.56 Å². The van der Waals surface area contributed by atoms with E-state index in [0.717, 1.165) is 32.4 Å². The van der Waals surface area contributed by atoms with Gasteiger partial charge in [-0.05, 0) is 35.9 Å². The lowest BCUT2D eigenvalue weighted by atomic mass is 10.1. The average Bonchev–Trinajstić information content (AvgIpc) is 3.34. The summed E-state index contributed by atoms with van der Waals surface area (Å²) in [4.78, 5) is 8.94. The van der Waals surface area contributed by atoms with E-state index in [0.29, 0.717) is 18.1 Å². The Kier molecular flexibility index (Phi) is 3.83. The Bertz CT molecular complexity index is 1240. The van der Waals surface area contributed by atoms with Gasteiger partial charge in [0.1, 0.15) is 18.7 Å². The molecular formula is C19H13BrN6O. The topological polar surface area (TPSA) is 81.0 Å². The monoisotopic (exact) mass is 420 g/mol. The van der Waals surface area contributed by atoms with E-state index < -0.39 is 0 Å². The smallest absolute Gasteiger partial charge is 0.182 e. The summed E-state index contributed by atoms with van der Waals surface area (Å²) in [5.41, 5.74) is 3.38. The lowest BCUT2D eigenvalue weighted by Gasteiger charge is -2.07.